The molecule has 0 aliphatic heterocycles. The van der Waals surface area contributed by atoms with E-state index in [1.807, 2.05) is 0 Å². The first-order chi connectivity index (χ1) is 5.58. The molecule has 0 spiro atoms. The Bertz CT molecular complexity index is 271. The van der Waals surface area contributed by atoms with Gasteiger partial charge in [0.25, 0.3) is 0 Å². The summed E-state index contributed by atoms with van der Waals surface area (Å²) in [7, 11) is 0. The Morgan fingerprint density at radius 2 is 1.92 bits per heavy atom. The second kappa shape index (κ2) is 3.37. The number of phenols is 1. The molecule has 2 N–H and O–H groups in total. The molecule has 0 bridgehead atoms. The highest BCUT2D eigenvalue weighted by Crippen LogP contribution is 2.35. The van der Waals surface area contributed by atoms with Gasteiger partial charge in [-0.15, -0.1) is 11.8 Å². The molecule has 3 heteroatoms. The summed E-state index contributed by atoms with van der Waals surface area (Å²) in [6.07, 6.45) is 1.80. The van der Waals surface area contributed by atoms with Crippen molar-refractivity contribution in [1.29, 1.82) is 0 Å². The first kappa shape index (κ1) is 9.42. The van der Waals surface area contributed by atoms with Crippen LogP contribution >= 0.6 is 11.8 Å². The molecule has 0 saturated heterocycles. The summed E-state index contributed by atoms with van der Waals surface area (Å²) < 4.78 is 0. The fourth-order valence-corrected chi connectivity index (χ4v) is 1.37. The smallest absolute Gasteiger partial charge is 0.136 e. The molecule has 12 heavy (non-hydrogen) atoms. The van der Waals surface area contributed by atoms with E-state index >= 15 is 0 Å². The fraction of sp³-hybridized carbons (Fsp3) is 0.333. The maximum absolute atomic E-state index is 9.78. The fourth-order valence-electron chi connectivity index (χ4n) is 0.976. The molecule has 0 fully saturated rings. The number of hydrogen-bond acceptors (Lipinski definition) is 3. The molecule has 0 heterocycles. The number of hydrogen-bond donors (Lipinski definition) is 2. The molecule has 0 aromatic heterocycles. The summed E-state index contributed by atoms with van der Waals surface area (Å²) in [4.78, 5) is -1.01. The van der Waals surface area contributed by atoms with Gasteiger partial charge in [0.1, 0.15) is 10.7 Å². The van der Waals surface area contributed by atoms with E-state index in [2.05, 4.69) is 0 Å². The van der Waals surface area contributed by atoms with Crippen LogP contribution in [0.3, 0.4) is 0 Å². The number of benzene rings is 1. The van der Waals surface area contributed by atoms with Crippen molar-refractivity contribution in [3.63, 3.8) is 0 Å². The van der Waals surface area contributed by atoms with Gasteiger partial charge in [0.2, 0.25) is 0 Å². The van der Waals surface area contributed by atoms with Crippen LogP contribution in [0.25, 0.3) is 0 Å². The third-order valence-electron chi connectivity index (χ3n) is 1.80. The summed E-state index contributed by atoms with van der Waals surface area (Å²) in [5.41, 5.74) is 0.553. The van der Waals surface area contributed by atoms with E-state index in [4.69, 9.17) is 0 Å². The summed E-state index contributed by atoms with van der Waals surface area (Å²) in [5, 5.41) is 19.2. The molecule has 66 valence electrons. The topological polar surface area (TPSA) is 40.5 Å². The number of aliphatic hydroxyl groups is 1. The van der Waals surface area contributed by atoms with E-state index in [0.717, 1.165) is 0 Å². The maximum atomic E-state index is 9.78. The quantitative estimate of drug-likeness (QED) is 0.690. The van der Waals surface area contributed by atoms with Crippen molar-refractivity contribution in [2.75, 3.05) is 6.26 Å². The van der Waals surface area contributed by atoms with E-state index < -0.39 is 4.93 Å². The van der Waals surface area contributed by atoms with Crippen LogP contribution in [0.2, 0.25) is 0 Å². The average molecular weight is 184 g/mol. The largest absolute Gasteiger partial charge is 0.508 e. The molecule has 0 aliphatic carbocycles. The minimum Gasteiger partial charge on any atom is -0.508 e. The minimum atomic E-state index is -1.01. The third-order valence-corrected chi connectivity index (χ3v) is 2.82. The van der Waals surface area contributed by atoms with Crippen LogP contribution in [0.1, 0.15) is 12.5 Å². The standard InChI is InChI=1S/C9H12O2S/c1-9(11,12-2)7-5-3-4-6-8(7)10/h3-6,10-11H,1-2H3. The normalized spacial score (nSPS) is 15.6. The number of phenolic OH excluding ortho intramolecular Hbond substituents is 1. The number of para-hydroxylation sites is 1. The van der Waals surface area contributed by atoms with Crippen LogP contribution in [-0.4, -0.2) is 16.5 Å². The lowest BCUT2D eigenvalue weighted by molar-refractivity contribution is 0.156. The van der Waals surface area contributed by atoms with Gasteiger partial charge in [-0.3, -0.25) is 0 Å². The molecule has 0 aliphatic rings. The zero-order valence-electron chi connectivity index (χ0n) is 7.11. The Kier molecular flexibility index (Phi) is 2.65. The number of thioether (sulfide) groups is 1. The predicted molar refractivity (Wildman–Crippen MR) is 51.2 cm³/mol. The monoisotopic (exact) mass is 184 g/mol. The summed E-state index contributed by atoms with van der Waals surface area (Å²) >= 11 is 1.29. The first-order valence-corrected chi connectivity index (χ1v) is 4.86. The minimum absolute atomic E-state index is 0.136. The Hall–Kier alpha value is -0.670. The zero-order chi connectivity index (χ0) is 9.19. The van der Waals surface area contributed by atoms with Crippen LogP contribution < -0.4 is 0 Å². The van der Waals surface area contributed by atoms with E-state index in [1.54, 1.807) is 37.4 Å². The van der Waals surface area contributed by atoms with Crippen molar-refractivity contribution >= 4 is 11.8 Å². The van der Waals surface area contributed by atoms with Crippen molar-refractivity contribution in [2.45, 2.75) is 11.9 Å². The Morgan fingerprint density at radius 1 is 1.33 bits per heavy atom. The molecule has 1 aromatic rings. The Balaban J connectivity index is 3.10. The van der Waals surface area contributed by atoms with Gasteiger partial charge in [-0.05, 0) is 19.2 Å². The SMILES string of the molecule is CSC(C)(O)c1ccccc1O. The maximum Gasteiger partial charge on any atom is 0.136 e. The van der Waals surface area contributed by atoms with Crippen LogP contribution in [0.5, 0.6) is 5.75 Å². The van der Waals surface area contributed by atoms with Gasteiger partial charge in [-0.1, -0.05) is 18.2 Å². The van der Waals surface area contributed by atoms with Crippen LogP contribution in [0.4, 0.5) is 0 Å². The lowest BCUT2D eigenvalue weighted by atomic mass is 10.1. The molecule has 1 rings (SSSR count). The number of aromatic hydroxyl groups is 1. The predicted octanol–water partition coefficient (Wildman–Crippen LogP) is 1.92. The van der Waals surface area contributed by atoms with Crippen molar-refractivity contribution in [2.24, 2.45) is 0 Å². The van der Waals surface area contributed by atoms with E-state index in [9.17, 15) is 10.2 Å². The molecule has 0 radical (unpaired) electrons. The lowest BCUT2D eigenvalue weighted by Crippen LogP contribution is -2.15. The van der Waals surface area contributed by atoms with E-state index in [1.165, 1.54) is 11.8 Å². The van der Waals surface area contributed by atoms with Crippen LogP contribution in [0, 0.1) is 0 Å². The van der Waals surface area contributed by atoms with Gasteiger partial charge in [-0.25, -0.2) is 0 Å². The van der Waals surface area contributed by atoms with Crippen molar-refractivity contribution < 1.29 is 10.2 Å². The lowest BCUT2D eigenvalue weighted by Gasteiger charge is -2.21. The molecular formula is C9H12O2S. The molecule has 0 amide bonds. The highest BCUT2D eigenvalue weighted by atomic mass is 32.2. The van der Waals surface area contributed by atoms with Gasteiger partial charge in [-0.2, -0.15) is 0 Å². The number of rotatable bonds is 2. The molecule has 0 saturated carbocycles. The zero-order valence-corrected chi connectivity index (χ0v) is 7.93. The van der Waals surface area contributed by atoms with E-state index in [0.29, 0.717) is 5.56 Å². The van der Waals surface area contributed by atoms with Gasteiger partial charge in [0, 0.05) is 5.56 Å². The summed E-state index contributed by atoms with van der Waals surface area (Å²) in [5.74, 6) is 0.136. The van der Waals surface area contributed by atoms with Crippen molar-refractivity contribution in [3.05, 3.63) is 29.8 Å². The second-order valence-electron chi connectivity index (χ2n) is 2.70. The van der Waals surface area contributed by atoms with Crippen molar-refractivity contribution in [1.82, 2.24) is 0 Å². The summed E-state index contributed by atoms with van der Waals surface area (Å²) in [6, 6.07) is 6.81. The molecule has 1 atom stereocenters. The Morgan fingerprint density at radius 3 is 2.42 bits per heavy atom. The van der Waals surface area contributed by atoms with Gasteiger partial charge in [0.05, 0.1) is 0 Å². The third kappa shape index (κ3) is 1.73. The molecular weight excluding hydrogens is 172 g/mol. The Labute approximate surface area is 76.2 Å². The van der Waals surface area contributed by atoms with Crippen LogP contribution in [-0.2, 0) is 4.93 Å². The molecule has 1 aromatic carbocycles. The molecule has 1 unspecified atom stereocenters. The van der Waals surface area contributed by atoms with E-state index in [-0.39, 0.29) is 5.75 Å². The van der Waals surface area contributed by atoms with Crippen LogP contribution in [0.15, 0.2) is 24.3 Å². The highest BCUT2D eigenvalue weighted by molar-refractivity contribution is 7.99. The van der Waals surface area contributed by atoms with Crippen molar-refractivity contribution in [3.8, 4) is 5.75 Å². The second-order valence-corrected chi connectivity index (χ2v) is 3.91. The first-order valence-electron chi connectivity index (χ1n) is 3.64. The molecule has 2 nitrogen and oxygen atoms in total. The average Bonchev–Trinajstić information content (AvgIpc) is 2.05. The van der Waals surface area contributed by atoms with Gasteiger partial charge < -0.3 is 10.2 Å². The van der Waals surface area contributed by atoms with Gasteiger partial charge >= 0.3 is 0 Å². The summed E-state index contributed by atoms with van der Waals surface area (Å²) in [6.45, 7) is 1.66. The van der Waals surface area contributed by atoms with Gasteiger partial charge in [0.15, 0.2) is 0 Å². The highest BCUT2D eigenvalue weighted by Gasteiger charge is 2.24.